The molecule has 2 aromatic carbocycles. The molecule has 306 valence electrons. The number of aryl methyl sites for hydroxylation is 1. The van der Waals surface area contributed by atoms with Crippen LogP contribution in [-0.4, -0.2) is 76.2 Å². The van der Waals surface area contributed by atoms with Crippen molar-refractivity contribution >= 4 is 45.3 Å². The fourth-order valence-corrected chi connectivity index (χ4v) is 9.11. The molecule has 8 rings (SSSR count). The fraction of sp³-hybridized carbons (Fsp3) is 0.488. The first-order valence-corrected chi connectivity index (χ1v) is 19.8. The number of nitrogens with zero attached hydrogens (tertiary/aromatic N) is 7. The van der Waals surface area contributed by atoms with Crippen molar-refractivity contribution in [1.29, 1.82) is 0 Å². The summed E-state index contributed by atoms with van der Waals surface area (Å²) in [6.45, 7) is 6.01. The Labute approximate surface area is 331 Å². The number of carbonyl (C=O) groups excluding carboxylic acids is 3. The molecule has 58 heavy (non-hydrogen) atoms. The second-order valence-corrected chi connectivity index (χ2v) is 16.5. The average Bonchev–Trinajstić information content (AvgIpc) is 3.72. The molecule has 3 aromatic heterocycles. The third-order valence-corrected chi connectivity index (χ3v) is 12.1. The van der Waals surface area contributed by atoms with E-state index in [1.54, 1.807) is 42.2 Å². The van der Waals surface area contributed by atoms with Gasteiger partial charge in [-0.1, -0.05) is 12.1 Å². The molecule has 1 unspecified atom stereocenters. The van der Waals surface area contributed by atoms with Gasteiger partial charge in [0.05, 0.1) is 28.2 Å². The van der Waals surface area contributed by atoms with Crippen molar-refractivity contribution in [3.63, 3.8) is 0 Å². The number of hydrogen-bond acceptors (Lipinski definition) is 9. The Hall–Kier alpha value is -5.42. The third-order valence-electron chi connectivity index (χ3n) is 12.1. The first-order chi connectivity index (χ1) is 27.5. The minimum atomic E-state index is -4.81. The van der Waals surface area contributed by atoms with Gasteiger partial charge < -0.3 is 15.3 Å². The number of benzene rings is 2. The first-order valence-electron chi connectivity index (χ1n) is 19.8. The number of aromatic nitrogens is 6. The summed E-state index contributed by atoms with van der Waals surface area (Å²) in [5, 5.41) is 21.6. The van der Waals surface area contributed by atoms with Crippen LogP contribution in [0.25, 0.3) is 21.9 Å². The van der Waals surface area contributed by atoms with Gasteiger partial charge in [-0.25, -0.2) is 14.8 Å². The van der Waals surface area contributed by atoms with Crippen LogP contribution in [0.2, 0.25) is 0 Å². The highest BCUT2D eigenvalue weighted by Gasteiger charge is 2.36. The summed E-state index contributed by atoms with van der Waals surface area (Å²) in [7, 11) is 1.75. The zero-order valence-corrected chi connectivity index (χ0v) is 32.6. The van der Waals surface area contributed by atoms with Gasteiger partial charge in [0.2, 0.25) is 17.6 Å². The van der Waals surface area contributed by atoms with Gasteiger partial charge in [0.15, 0.2) is 0 Å². The highest BCUT2D eigenvalue weighted by Crippen LogP contribution is 2.38. The largest absolute Gasteiger partial charge is 0.451 e. The molecule has 5 heterocycles. The Morgan fingerprint density at radius 3 is 2.43 bits per heavy atom. The minimum absolute atomic E-state index is 0.166. The molecule has 0 bridgehead atoms. The number of fused-ring (bicyclic) bond motifs is 2. The smallest absolute Gasteiger partial charge is 0.386 e. The van der Waals surface area contributed by atoms with Crippen molar-refractivity contribution in [1.82, 2.24) is 39.1 Å². The number of piperidine rings is 2. The Morgan fingerprint density at radius 2 is 1.74 bits per heavy atom. The van der Waals surface area contributed by atoms with E-state index < -0.39 is 41.2 Å². The fourth-order valence-electron chi connectivity index (χ4n) is 9.11. The minimum Gasteiger partial charge on any atom is -0.386 e. The van der Waals surface area contributed by atoms with Gasteiger partial charge in [-0.15, -0.1) is 0 Å². The lowest BCUT2D eigenvalue weighted by Crippen LogP contribution is -2.44. The van der Waals surface area contributed by atoms with E-state index >= 15 is 0 Å². The van der Waals surface area contributed by atoms with Gasteiger partial charge in [-0.05, 0) is 114 Å². The van der Waals surface area contributed by atoms with Gasteiger partial charge in [-0.2, -0.15) is 18.3 Å². The number of amides is 3. The number of anilines is 1. The highest BCUT2D eigenvalue weighted by molar-refractivity contribution is 6.04. The summed E-state index contributed by atoms with van der Waals surface area (Å²) >= 11 is 0. The van der Waals surface area contributed by atoms with Crippen molar-refractivity contribution in [2.24, 2.45) is 13.0 Å². The molecule has 17 heteroatoms. The van der Waals surface area contributed by atoms with Crippen LogP contribution in [-0.2, 0) is 28.4 Å². The Balaban J connectivity index is 0.897. The zero-order valence-electron chi connectivity index (χ0n) is 32.6. The van der Waals surface area contributed by atoms with Gasteiger partial charge in [0.25, 0.3) is 5.91 Å². The van der Waals surface area contributed by atoms with E-state index in [1.807, 2.05) is 23.0 Å². The summed E-state index contributed by atoms with van der Waals surface area (Å²) in [6, 6.07) is 9.86. The molecule has 1 aliphatic carbocycles. The number of alkyl halides is 3. The predicted octanol–water partition coefficient (Wildman–Crippen LogP) is 5.57. The molecule has 14 nitrogen and oxygen atoms in total. The molecule has 2 saturated heterocycles. The lowest BCUT2D eigenvalue weighted by atomic mass is 9.84. The van der Waals surface area contributed by atoms with Crippen molar-refractivity contribution in [3.05, 3.63) is 81.9 Å². The van der Waals surface area contributed by atoms with Crippen molar-refractivity contribution in [2.45, 2.75) is 95.0 Å². The highest BCUT2D eigenvalue weighted by atomic mass is 19.4. The maximum Gasteiger partial charge on any atom is 0.451 e. The molecule has 1 saturated carbocycles. The van der Waals surface area contributed by atoms with Gasteiger partial charge in [-0.3, -0.25) is 33.5 Å². The van der Waals surface area contributed by atoms with Gasteiger partial charge in [0, 0.05) is 49.0 Å². The lowest BCUT2D eigenvalue weighted by Gasteiger charge is -2.37. The van der Waals surface area contributed by atoms with Crippen LogP contribution in [0.3, 0.4) is 0 Å². The van der Waals surface area contributed by atoms with Crippen molar-refractivity contribution in [3.8, 4) is 0 Å². The summed E-state index contributed by atoms with van der Waals surface area (Å²) < 4.78 is 44.7. The van der Waals surface area contributed by atoms with Crippen LogP contribution in [0.1, 0.15) is 111 Å². The maximum atomic E-state index is 13.5. The molecule has 3 aliphatic rings. The van der Waals surface area contributed by atoms with E-state index in [1.165, 1.54) is 0 Å². The monoisotopic (exact) mass is 801 g/mol. The number of carbonyl (C=O) groups is 3. The van der Waals surface area contributed by atoms with Crippen LogP contribution >= 0.6 is 0 Å². The number of rotatable bonds is 8. The normalized spacial score (nSPS) is 21.5. The van der Waals surface area contributed by atoms with E-state index in [9.17, 15) is 37.5 Å². The standard InChI is InChI=1S/C41H46F3N9O5/c1-40(2,58)28-20-30-25(19-31(28)46-36(55)29-13-16-45-38(47-29)41(42,43)44)22-52(49-30)26-9-7-23(8-10-26)21-51-17-14-24(15-18-51)27-5-4-6-32-35(27)50(3)39(57)53(32)33-11-12-34(54)48-37(33)56/h4-6,13,16,19-20,22-24,26,33,58H,7-12,14-15,17-18,21H2,1-3H3,(H,46,55)(H,48,54,56)/t23-,26-,33?. The van der Waals surface area contributed by atoms with Gasteiger partial charge >= 0.3 is 11.9 Å². The quantitative estimate of drug-likeness (QED) is 0.170. The lowest BCUT2D eigenvalue weighted by molar-refractivity contribution is -0.145. The third kappa shape index (κ3) is 7.64. The molecule has 3 amide bonds. The number of halogens is 3. The summed E-state index contributed by atoms with van der Waals surface area (Å²) in [5.74, 6) is -2.22. The molecule has 1 atom stereocenters. The SMILES string of the molecule is Cn1c(=O)n(C2CCC(=O)NC2=O)c2cccc(C3CCN(C[C@H]4CC[C@H](n5cc6cc(NC(=O)c7ccnc(C(F)(F)F)n7)c(C(C)(C)O)cc6n5)CC4)CC3)c21. The number of hydrogen-bond donors (Lipinski definition) is 3. The molecular formula is C41H46F3N9O5. The molecular weight excluding hydrogens is 756 g/mol. The van der Waals surface area contributed by atoms with E-state index in [2.05, 4.69) is 31.6 Å². The molecule has 5 aromatic rings. The summed E-state index contributed by atoms with van der Waals surface area (Å²) in [6.07, 6.45) is 4.33. The first kappa shape index (κ1) is 39.4. The van der Waals surface area contributed by atoms with Crippen LogP contribution in [0.5, 0.6) is 0 Å². The Kier molecular flexibility index (Phi) is 10.2. The van der Waals surface area contributed by atoms with Crippen LogP contribution in [0.4, 0.5) is 18.9 Å². The topological polar surface area (TPSA) is 169 Å². The molecule has 0 radical (unpaired) electrons. The molecule has 3 N–H and O–H groups in total. The summed E-state index contributed by atoms with van der Waals surface area (Å²) in [4.78, 5) is 60.1. The number of imidazole rings is 1. The molecule has 2 aliphatic heterocycles. The Morgan fingerprint density at radius 1 is 1.00 bits per heavy atom. The van der Waals surface area contributed by atoms with Gasteiger partial charge in [0.1, 0.15) is 11.7 Å². The maximum absolute atomic E-state index is 13.5. The number of imide groups is 1. The van der Waals surface area contributed by atoms with E-state index in [0.29, 0.717) is 23.4 Å². The van der Waals surface area contributed by atoms with E-state index in [4.69, 9.17) is 5.10 Å². The zero-order chi connectivity index (χ0) is 41.1. The summed E-state index contributed by atoms with van der Waals surface area (Å²) in [5.41, 5.74) is 1.82. The second kappa shape index (κ2) is 15.1. The van der Waals surface area contributed by atoms with Crippen molar-refractivity contribution < 1.29 is 32.7 Å². The van der Waals surface area contributed by atoms with Crippen LogP contribution < -0.4 is 16.3 Å². The number of nitrogens with one attached hydrogen (secondary N) is 2. The number of para-hydroxylation sites is 1. The van der Waals surface area contributed by atoms with E-state index in [-0.39, 0.29) is 35.7 Å². The second-order valence-electron chi connectivity index (χ2n) is 16.5. The van der Waals surface area contributed by atoms with Crippen LogP contribution in [0.15, 0.2) is 53.6 Å². The molecule has 3 fully saturated rings. The average molecular weight is 802 g/mol. The van der Waals surface area contributed by atoms with Crippen molar-refractivity contribution in [2.75, 3.05) is 25.0 Å². The molecule has 0 spiro atoms. The van der Waals surface area contributed by atoms with E-state index in [0.717, 1.165) is 92.4 Å². The predicted molar refractivity (Wildman–Crippen MR) is 208 cm³/mol. The Bertz CT molecular complexity index is 2470. The number of aliphatic hydroxyl groups is 1. The number of likely N-dealkylation sites (tertiary alicyclic amines) is 1. The van der Waals surface area contributed by atoms with Crippen LogP contribution in [0, 0.1) is 5.92 Å².